The molecule has 3 aromatic rings. The van der Waals surface area contributed by atoms with Crippen molar-refractivity contribution in [3.63, 3.8) is 0 Å². The first-order valence-corrected chi connectivity index (χ1v) is 38.2. The van der Waals surface area contributed by atoms with Crippen LogP contribution in [0.1, 0.15) is 262 Å². The van der Waals surface area contributed by atoms with Crippen LogP contribution >= 0.6 is 0 Å². The zero-order valence-corrected chi connectivity index (χ0v) is 58.4. The fraction of sp³-hybridized carbons (Fsp3) is 0.712. The van der Waals surface area contributed by atoms with Crippen molar-refractivity contribution in [2.24, 2.45) is 11.8 Å². The predicted molar refractivity (Wildman–Crippen MR) is 361 cm³/mol. The zero-order chi connectivity index (χ0) is 62.1. The van der Waals surface area contributed by atoms with E-state index in [0.717, 1.165) is 67.1 Å². The summed E-state index contributed by atoms with van der Waals surface area (Å²) in [5.74, 6) is 0.965. The van der Waals surface area contributed by atoms with Crippen LogP contribution in [-0.4, -0.2) is 66.7 Å². The molecule has 0 aromatic heterocycles. The third-order valence-corrected chi connectivity index (χ3v) is 30.6. The summed E-state index contributed by atoms with van der Waals surface area (Å²) in [6, 6.07) is 25.4. The fourth-order valence-electron chi connectivity index (χ4n) is 13.7. The molecule has 84 heavy (non-hydrogen) atoms. The number of nitrogens with one attached hydrogen (secondary N) is 2. The summed E-state index contributed by atoms with van der Waals surface area (Å²) in [4.78, 5) is 41.3. The Labute approximate surface area is 517 Å². The molecular formula is C73H124N2O7Si2. The molecule has 0 aliphatic heterocycles. The summed E-state index contributed by atoms with van der Waals surface area (Å²) in [6.45, 7) is 39.6. The van der Waals surface area contributed by atoms with E-state index in [1.807, 2.05) is 107 Å². The number of ether oxygens (including phenoxy) is 2. The van der Waals surface area contributed by atoms with Crippen molar-refractivity contribution in [3.05, 3.63) is 95.6 Å². The maximum atomic E-state index is 14.1. The second kappa shape index (κ2) is 39.9. The summed E-state index contributed by atoms with van der Waals surface area (Å²) in [6.07, 6.45) is 23.0. The lowest BCUT2D eigenvalue weighted by atomic mass is 9.84. The van der Waals surface area contributed by atoms with Crippen LogP contribution in [-0.2, 0) is 35.2 Å². The highest BCUT2D eigenvalue weighted by Gasteiger charge is 2.46. The number of hydrogen-bond donors (Lipinski definition) is 2. The predicted octanol–water partition coefficient (Wildman–Crippen LogP) is 20.0. The molecule has 0 radical (unpaired) electrons. The summed E-state index contributed by atoms with van der Waals surface area (Å²) < 4.78 is 26.0. The lowest BCUT2D eigenvalue weighted by Gasteiger charge is -2.42. The first kappa shape index (κ1) is 74.5. The molecule has 2 amide bonds. The maximum Gasteiger partial charge on any atom is 0.223 e. The van der Waals surface area contributed by atoms with Crippen molar-refractivity contribution < 1.29 is 32.7 Å². The van der Waals surface area contributed by atoms with Crippen molar-refractivity contribution in [2.45, 2.75) is 297 Å². The normalized spacial score (nSPS) is 13.2. The first-order valence-electron chi connectivity index (χ1n) is 33.9. The van der Waals surface area contributed by atoms with Crippen LogP contribution in [0.2, 0.25) is 33.2 Å². The average Bonchev–Trinajstić information content (AvgIpc) is 3.48. The number of carbonyl (C=O) groups is 3. The second-order valence-electron chi connectivity index (χ2n) is 27.4. The maximum absolute atomic E-state index is 14.1. The third kappa shape index (κ3) is 25.1. The number of hydrogen-bond acceptors (Lipinski definition) is 7. The van der Waals surface area contributed by atoms with Crippen molar-refractivity contribution in [1.82, 2.24) is 10.6 Å². The standard InChI is InChI=1S/C73H124N2O7Si2/c1-56(2)54-69(74-72(78)63(15)55-64-38-32-31-33-39-64)70(76)48-49-71(77)75-73(16,65-40-44-67(45-41-65)79-50-34-27-23-19-17-21-25-29-36-52-81-83(57(3)4,58(5)6)59(7)8)66-42-46-68(47-43-66)80-51-35-28-24-20-18-22-26-30-37-53-82-84(60(9)10,61(11)12)62(13)14/h31-33,38-47,56-63,69H,17-30,34-37,48-55H2,1-16H3,(H,74,78)(H,75,77)/t63-,69-/m0/s1. The van der Waals surface area contributed by atoms with Crippen LogP contribution in [0.4, 0.5) is 0 Å². The molecule has 9 nitrogen and oxygen atoms in total. The molecule has 476 valence electrons. The van der Waals surface area contributed by atoms with Crippen LogP contribution in [0.5, 0.6) is 11.5 Å². The summed E-state index contributed by atoms with van der Waals surface area (Å²) >= 11 is 0. The van der Waals surface area contributed by atoms with E-state index in [9.17, 15) is 14.4 Å². The Morgan fingerprint density at radius 1 is 0.440 bits per heavy atom. The van der Waals surface area contributed by atoms with E-state index < -0.39 is 28.2 Å². The molecule has 0 unspecified atom stereocenters. The van der Waals surface area contributed by atoms with Gasteiger partial charge in [-0.2, -0.15) is 0 Å². The Morgan fingerprint density at radius 3 is 1.13 bits per heavy atom. The Hall–Kier alpha value is -3.78. The molecule has 3 rings (SSSR count). The number of Topliss-reactive ketones (excluding diaryl/α,β-unsaturated/α-hetero) is 1. The van der Waals surface area contributed by atoms with Gasteiger partial charge < -0.3 is 29.0 Å². The third-order valence-electron chi connectivity index (χ3n) is 18.3. The van der Waals surface area contributed by atoms with E-state index >= 15 is 0 Å². The van der Waals surface area contributed by atoms with Gasteiger partial charge in [0.1, 0.15) is 11.5 Å². The van der Waals surface area contributed by atoms with Crippen LogP contribution in [0.3, 0.4) is 0 Å². The van der Waals surface area contributed by atoms with E-state index in [2.05, 4.69) is 93.7 Å². The smallest absolute Gasteiger partial charge is 0.223 e. The Kier molecular flexibility index (Phi) is 35.4. The van der Waals surface area contributed by atoms with Gasteiger partial charge in [0.05, 0.1) is 24.8 Å². The molecule has 11 heteroatoms. The Balaban J connectivity index is 1.53. The number of unbranched alkanes of at least 4 members (excludes halogenated alkanes) is 16. The van der Waals surface area contributed by atoms with Gasteiger partial charge in [0.2, 0.25) is 11.8 Å². The molecule has 3 aromatic carbocycles. The molecule has 0 fully saturated rings. The van der Waals surface area contributed by atoms with Gasteiger partial charge in [-0.15, -0.1) is 0 Å². The summed E-state index contributed by atoms with van der Waals surface area (Å²) in [5, 5.41) is 6.39. The molecule has 0 spiro atoms. The molecule has 2 N–H and O–H groups in total. The quantitative estimate of drug-likeness (QED) is 0.0428. The van der Waals surface area contributed by atoms with E-state index in [4.69, 9.17) is 18.3 Å². The van der Waals surface area contributed by atoms with E-state index in [-0.39, 0.29) is 42.3 Å². The number of rotatable bonds is 47. The van der Waals surface area contributed by atoms with Gasteiger partial charge in [0.15, 0.2) is 22.4 Å². The van der Waals surface area contributed by atoms with Crippen molar-refractivity contribution in [1.29, 1.82) is 0 Å². The molecule has 0 aliphatic rings. The molecule has 0 saturated heterocycles. The van der Waals surface area contributed by atoms with Crippen LogP contribution in [0.15, 0.2) is 78.9 Å². The number of amides is 2. The lowest BCUT2D eigenvalue weighted by molar-refractivity contribution is -0.131. The number of ketones is 1. The highest BCUT2D eigenvalue weighted by atomic mass is 28.4. The summed E-state index contributed by atoms with van der Waals surface area (Å²) in [7, 11) is -3.53. The topological polar surface area (TPSA) is 112 Å². The molecule has 0 heterocycles. The number of carbonyl (C=O) groups excluding carboxylic acids is 3. The monoisotopic (exact) mass is 1200 g/mol. The van der Waals surface area contributed by atoms with Crippen LogP contribution < -0.4 is 20.1 Å². The summed E-state index contributed by atoms with van der Waals surface area (Å²) in [5.41, 5.74) is 5.81. The molecular weight excluding hydrogens is 1070 g/mol. The van der Waals surface area contributed by atoms with Crippen LogP contribution in [0, 0.1) is 11.8 Å². The first-order chi connectivity index (χ1) is 40.0. The second-order valence-corrected chi connectivity index (χ2v) is 38.3. The minimum absolute atomic E-state index is 0.000462. The van der Waals surface area contributed by atoms with Gasteiger partial charge >= 0.3 is 0 Å². The van der Waals surface area contributed by atoms with Gasteiger partial charge in [-0.3, -0.25) is 14.4 Å². The van der Waals surface area contributed by atoms with Crippen molar-refractivity contribution >= 4 is 34.2 Å². The minimum atomic E-state index is -1.76. The Bertz CT molecular complexity index is 2080. The minimum Gasteiger partial charge on any atom is -0.494 e. The van der Waals surface area contributed by atoms with E-state index in [1.54, 1.807) is 0 Å². The average molecular weight is 1200 g/mol. The SMILES string of the molecule is CC(C)C[C@H](NC(=O)[C@@H](C)Cc1ccccc1)C(=O)CCC(=O)NC(C)(c1ccc(OCCCCCCCCCCCO[Si](C(C)C)(C(C)C)C(C)C)cc1)c1ccc(OCCCCCCCCCCCO[Si](C(C)C)(C(C)C)C(C)C)cc1. The van der Waals surface area contributed by atoms with E-state index in [0.29, 0.717) is 59.3 Å². The molecule has 0 aliphatic carbocycles. The van der Waals surface area contributed by atoms with Gasteiger partial charge in [-0.05, 0) is 126 Å². The molecule has 2 atom stereocenters. The zero-order valence-electron chi connectivity index (χ0n) is 56.4. The fourth-order valence-corrected chi connectivity index (χ4v) is 24.7. The van der Waals surface area contributed by atoms with Crippen molar-refractivity contribution in [3.8, 4) is 11.5 Å². The van der Waals surface area contributed by atoms with Crippen LogP contribution in [0.25, 0.3) is 0 Å². The Morgan fingerprint density at radius 2 is 0.786 bits per heavy atom. The molecule has 0 bridgehead atoms. The van der Waals surface area contributed by atoms with Crippen molar-refractivity contribution in [2.75, 3.05) is 26.4 Å². The van der Waals surface area contributed by atoms with Gasteiger partial charge in [-0.25, -0.2) is 0 Å². The highest BCUT2D eigenvalue weighted by Crippen LogP contribution is 2.44. The largest absolute Gasteiger partial charge is 0.494 e. The number of benzene rings is 3. The van der Waals surface area contributed by atoms with Gasteiger partial charge in [0, 0.05) is 32.0 Å². The van der Waals surface area contributed by atoms with E-state index in [1.165, 1.54) is 89.9 Å². The lowest BCUT2D eigenvalue weighted by Crippen LogP contribution is -2.47. The molecule has 0 saturated carbocycles. The van der Waals surface area contributed by atoms with Gasteiger partial charge in [-0.1, -0.05) is 248 Å². The highest BCUT2D eigenvalue weighted by molar-refractivity contribution is 6.78. The van der Waals surface area contributed by atoms with Gasteiger partial charge in [0.25, 0.3) is 0 Å².